The number of hydrogen-bond donors (Lipinski definition) is 3. The van der Waals surface area contributed by atoms with E-state index in [-0.39, 0.29) is 11.9 Å². The van der Waals surface area contributed by atoms with Gasteiger partial charge in [-0.05, 0) is 54.4 Å². The first kappa shape index (κ1) is 18.4. The van der Waals surface area contributed by atoms with Crippen LogP contribution >= 0.6 is 0 Å². The van der Waals surface area contributed by atoms with Crippen molar-refractivity contribution < 1.29 is 14.1 Å². The predicted molar refractivity (Wildman–Crippen MR) is 114 cm³/mol. The number of rotatable bonds is 4. The standard InChI is InChI=1S/C22H20N4O3/c1-13-3-7-15(8-4-13)24-22(27)25-16-9-5-14(6-10-16)17-11-12-18(28-2)20-19(17)21(23)29-26-20/h3-12H,23H2,1-2H3,(H2,24,25,27). The van der Waals surface area contributed by atoms with Gasteiger partial charge in [-0.25, -0.2) is 4.79 Å². The van der Waals surface area contributed by atoms with Gasteiger partial charge in [0.2, 0.25) is 5.88 Å². The molecule has 0 spiro atoms. The Kier molecular flexibility index (Phi) is 4.78. The summed E-state index contributed by atoms with van der Waals surface area (Å²) in [4.78, 5) is 12.2. The normalized spacial score (nSPS) is 10.7. The molecule has 4 rings (SSSR count). The van der Waals surface area contributed by atoms with Crippen LogP contribution in [0.15, 0.2) is 65.2 Å². The van der Waals surface area contributed by atoms with Gasteiger partial charge in [0.1, 0.15) is 5.75 Å². The monoisotopic (exact) mass is 388 g/mol. The lowest BCUT2D eigenvalue weighted by Crippen LogP contribution is -2.19. The Hall–Kier alpha value is -4.00. The maximum atomic E-state index is 12.2. The first-order chi connectivity index (χ1) is 14.0. The van der Waals surface area contributed by atoms with Crippen LogP contribution in [0.2, 0.25) is 0 Å². The van der Waals surface area contributed by atoms with Gasteiger partial charge in [0.25, 0.3) is 0 Å². The van der Waals surface area contributed by atoms with E-state index < -0.39 is 0 Å². The van der Waals surface area contributed by atoms with Gasteiger partial charge in [-0.1, -0.05) is 35.0 Å². The molecule has 7 nitrogen and oxygen atoms in total. The van der Waals surface area contributed by atoms with Crippen LogP contribution in [0.1, 0.15) is 5.56 Å². The van der Waals surface area contributed by atoms with Crippen LogP contribution in [0.5, 0.6) is 5.75 Å². The van der Waals surface area contributed by atoms with E-state index in [9.17, 15) is 4.79 Å². The zero-order valence-electron chi connectivity index (χ0n) is 16.0. The van der Waals surface area contributed by atoms with Crippen molar-refractivity contribution in [3.63, 3.8) is 0 Å². The minimum absolute atomic E-state index is 0.230. The van der Waals surface area contributed by atoms with Crippen molar-refractivity contribution in [2.75, 3.05) is 23.5 Å². The minimum Gasteiger partial charge on any atom is -0.494 e. The molecular formula is C22H20N4O3. The molecule has 1 aromatic heterocycles. The number of ether oxygens (including phenoxy) is 1. The third kappa shape index (κ3) is 3.70. The van der Waals surface area contributed by atoms with Crippen LogP contribution < -0.4 is 21.1 Å². The number of nitrogens with one attached hydrogen (secondary N) is 2. The van der Waals surface area contributed by atoms with Crippen LogP contribution in [0, 0.1) is 6.92 Å². The number of hydrogen-bond acceptors (Lipinski definition) is 5. The van der Waals surface area contributed by atoms with Crippen molar-refractivity contribution in [3.8, 4) is 16.9 Å². The Morgan fingerprint density at radius 3 is 2.21 bits per heavy atom. The summed E-state index contributed by atoms with van der Waals surface area (Å²) in [5.41, 5.74) is 10.9. The molecule has 0 fully saturated rings. The number of aryl methyl sites for hydroxylation is 1. The highest BCUT2D eigenvalue weighted by atomic mass is 16.5. The van der Waals surface area contributed by atoms with Gasteiger partial charge in [-0.2, -0.15) is 0 Å². The summed E-state index contributed by atoms with van der Waals surface area (Å²) >= 11 is 0. The molecule has 3 aromatic carbocycles. The van der Waals surface area contributed by atoms with Gasteiger partial charge >= 0.3 is 6.03 Å². The molecule has 0 saturated carbocycles. The zero-order chi connectivity index (χ0) is 20.4. The number of carbonyl (C=O) groups is 1. The fourth-order valence-corrected chi connectivity index (χ4v) is 3.12. The Labute approximate surface area is 167 Å². The average Bonchev–Trinajstić information content (AvgIpc) is 3.12. The molecule has 146 valence electrons. The van der Waals surface area contributed by atoms with E-state index in [1.165, 1.54) is 0 Å². The number of carbonyl (C=O) groups excluding carboxylic acids is 1. The van der Waals surface area contributed by atoms with Crippen molar-refractivity contribution in [2.45, 2.75) is 6.92 Å². The maximum Gasteiger partial charge on any atom is 0.323 e. The molecule has 0 aliphatic carbocycles. The van der Waals surface area contributed by atoms with E-state index in [1.807, 2.05) is 67.6 Å². The number of nitrogens with zero attached hydrogens (tertiary/aromatic N) is 1. The molecule has 1 heterocycles. The fraction of sp³-hybridized carbons (Fsp3) is 0.0909. The average molecular weight is 388 g/mol. The van der Waals surface area contributed by atoms with E-state index >= 15 is 0 Å². The van der Waals surface area contributed by atoms with Crippen LogP contribution in [-0.4, -0.2) is 18.3 Å². The number of fused-ring (bicyclic) bond motifs is 1. The van der Waals surface area contributed by atoms with E-state index in [0.29, 0.717) is 22.3 Å². The van der Waals surface area contributed by atoms with Crippen molar-refractivity contribution in [2.24, 2.45) is 0 Å². The first-order valence-electron chi connectivity index (χ1n) is 9.02. The minimum atomic E-state index is -0.309. The van der Waals surface area contributed by atoms with Gasteiger partial charge in [0.05, 0.1) is 12.5 Å². The largest absolute Gasteiger partial charge is 0.494 e. The summed E-state index contributed by atoms with van der Waals surface area (Å²) in [6, 6.07) is 18.5. The lowest BCUT2D eigenvalue weighted by atomic mass is 10.0. The quantitative estimate of drug-likeness (QED) is 0.455. The smallest absolute Gasteiger partial charge is 0.323 e. The molecule has 0 aliphatic heterocycles. The molecule has 0 aliphatic rings. The molecule has 0 atom stereocenters. The lowest BCUT2D eigenvalue weighted by molar-refractivity contribution is 0.262. The highest BCUT2D eigenvalue weighted by molar-refractivity contribution is 6.04. The second kappa shape index (κ2) is 7.55. The van der Waals surface area contributed by atoms with E-state index in [0.717, 1.165) is 22.4 Å². The Morgan fingerprint density at radius 1 is 0.966 bits per heavy atom. The van der Waals surface area contributed by atoms with Crippen molar-refractivity contribution in [1.29, 1.82) is 0 Å². The van der Waals surface area contributed by atoms with Crippen LogP contribution in [0.25, 0.3) is 22.0 Å². The second-order valence-corrected chi connectivity index (χ2v) is 6.61. The molecule has 29 heavy (non-hydrogen) atoms. The van der Waals surface area contributed by atoms with Crippen molar-refractivity contribution >= 4 is 34.2 Å². The number of aromatic nitrogens is 1. The predicted octanol–water partition coefficient (Wildman–Crippen LogP) is 5.04. The molecule has 0 radical (unpaired) electrons. The van der Waals surface area contributed by atoms with E-state index in [4.69, 9.17) is 15.0 Å². The number of nitrogens with two attached hydrogens (primary N) is 1. The summed E-state index contributed by atoms with van der Waals surface area (Å²) in [5, 5.41) is 10.3. The summed E-state index contributed by atoms with van der Waals surface area (Å²) in [5.74, 6) is 0.823. The molecule has 0 saturated heterocycles. The van der Waals surface area contributed by atoms with Crippen LogP contribution in [-0.2, 0) is 0 Å². The first-order valence-corrected chi connectivity index (χ1v) is 9.02. The molecule has 4 aromatic rings. The van der Waals surface area contributed by atoms with Gasteiger partial charge in [-0.15, -0.1) is 0 Å². The van der Waals surface area contributed by atoms with Crippen molar-refractivity contribution in [3.05, 3.63) is 66.2 Å². The van der Waals surface area contributed by atoms with Crippen LogP contribution in [0.4, 0.5) is 22.1 Å². The lowest BCUT2D eigenvalue weighted by Gasteiger charge is -2.10. The Balaban J connectivity index is 1.54. The summed E-state index contributed by atoms with van der Waals surface area (Å²) in [7, 11) is 1.57. The Morgan fingerprint density at radius 2 is 1.59 bits per heavy atom. The van der Waals surface area contributed by atoms with Gasteiger partial charge in [0, 0.05) is 11.4 Å². The maximum absolute atomic E-state index is 12.2. The summed E-state index contributed by atoms with van der Waals surface area (Å²) < 4.78 is 10.5. The number of amides is 2. The number of methoxy groups -OCH3 is 1. The highest BCUT2D eigenvalue weighted by Crippen LogP contribution is 2.37. The number of anilines is 3. The van der Waals surface area contributed by atoms with Gasteiger partial charge < -0.3 is 25.6 Å². The molecule has 2 amide bonds. The van der Waals surface area contributed by atoms with E-state index in [2.05, 4.69) is 15.8 Å². The van der Waals surface area contributed by atoms with Crippen molar-refractivity contribution in [1.82, 2.24) is 5.16 Å². The molecule has 0 bridgehead atoms. The molecular weight excluding hydrogens is 368 g/mol. The SMILES string of the molecule is COc1ccc(-c2ccc(NC(=O)Nc3ccc(C)cc3)cc2)c2c(N)onc12. The zero-order valence-corrected chi connectivity index (χ0v) is 16.0. The van der Waals surface area contributed by atoms with Gasteiger partial charge in [-0.3, -0.25) is 0 Å². The van der Waals surface area contributed by atoms with Crippen LogP contribution in [0.3, 0.4) is 0 Å². The molecule has 0 unspecified atom stereocenters. The molecule has 7 heteroatoms. The topological polar surface area (TPSA) is 102 Å². The van der Waals surface area contributed by atoms with E-state index in [1.54, 1.807) is 7.11 Å². The van der Waals surface area contributed by atoms with Gasteiger partial charge in [0.15, 0.2) is 5.52 Å². The highest BCUT2D eigenvalue weighted by Gasteiger charge is 2.16. The third-order valence-electron chi connectivity index (χ3n) is 4.61. The molecule has 4 N–H and O–H groups in total. The summed E-state index contributed by atoms with van der Waals surface area (Å²) in [6.45, 7) is 2.00. The number of nitrogen functional groups attached to an aromatic ring is 1. The summed E-state index contributed by atoms with van der Waals surface area (Å²) in [6.07, 6.45) is 0. The second-order valence-electron chi connectivity index (χ2n) is 6.61. The number of benzene rings is 3. The number of urea groups is 1. The fourth-order valence-electron chi connectivity index (χ4n) is 3.12. The third-order valence-corrected chi connectivity index (χ3v) is 4.61. The Bertz CT molecular complexity index is 1170.